The van der Waals surface area contributed by atoms with Gasteiger partial charge in [0.1, 0.15) is 0 Å². The Labute approximate surface area is 98.0 Å². The molecular formula is C12H13N3O2. The lowest BCUT2D eigenvalue weighted by Crippen LogP contribution is -2.38. The summed E-state index contributed by atoms with van der Waals surface area (Å²) >= 11 is 0. The van der Waals surface area contributed by atoms with Gasteiger partial charge in [-0.1, -0.05) is 6.07 Å². The molecule has 0 unspecified atom stereocenters. The lowest BCUT2D eigenvalue weighted by molar-refractivity contribution is 0.630. The van der Waals surface area contributed by atoms with Gasteiger partial charge < -0.3 is 4.57 Å². The molecule has 2 aromatic rings. The highest BCUT2D eigenvalue weighted by Crippen LogP contribution is 1.98. The summed E-state index contributed by atoms with van der Waals surface area (Å²) in [6.07, 6.45) is 1.46. The summed E-state index contributed by atoms with van der Waals surface area (Å²) in [6, 6.07) is 6.90. The van der Waals surface area contributed by atoms with E-state index >= 15 is 0 Å². The average Bonchev–Trinajstić information content (AvgIpc) is 2.30. The van der Waals surface area contributed by atoms with Crippen LogP contribution in [0.25, 0.3) is 0 Å². The van der Waals surface area contributed by atoms with Crippen LogP contribution in [0.2, 0.25) is 0 Å². The molecular weight excluding hydrogens is 218 g/mol. The second kappa shape index (κ2) is 4.37. The lowest BCUT2D eigenvalue weighted by atomic mass is 10.3. The van der Waals surface area contributed by atoms with Crippen molar-refractivity contribution in [1.82, 2.24) is 14.1 Å². The van der Waals surface area contributed by atoms with Crippen LogP contribution in [-0.2, 0) is 13.6 Å². The van der Waals surface area contributed by atoms with E-state index in [2.05, 4.69) is 4.98 Å². The van der Waals surface area contributed by atoms with Crippen molar-refractivity contribution in [3.8, 4) is 0 Å². The number of pyridine rings is 1. The fourth-order valence-corrected chi connectivity index (χ4v) is 1.61. The summed E-state index contributed by atoms with van der Waals surface area (Å²) in [6.45, 7) is 2.07. The molecule has 0 N–H and O–H groups in total. The highest BCUT2D eigenvalue weighted by molar-refractivity contribution is 5.10. The Bertz CT molecular complexity index is 655. The fourth-order valence-electron chi connectivity index (χ4n) is 1.61. The van der Waals surface area contributed by atoms with Crippen LogP contribution in [0.15, 0.2) is 40.1 Å². The molecule has 0 aliphatic heterocycles. The van der Waals surface area contributed by atoms with Gasteiger partial charge in [0.15, 0.2) is 0 Å². The first-order valence-electron chi connectivity index (χ1n) is 5.27. The Morgan fingerprint density at radius 1 is 1.24 bits per heavy atom. The summed E-state index contributed by atoms with van der Waals surface area (Å²) < 4.78 is 2.54. The Balaban J connectivity index is 2.47. The number of rotatable bonds is 2. The lowest BCUT2D eigenvalue weighted by Gasteiger charge is -2.06. The molecule has 0 spiro atoms. The average molecular weight is 231 g/mol. The maximum atomic E-state index is 11.8. The van der Waals surface area contributed by atoms with Crippen molar-refractivity contribution in [3.05, 3.63) is 62.7 Å². The maximum Gasteiger partial charge on any atom is 0.331 e. The molecule has 17 heavy (non-hydrogen) atoms. The fraction of sp³-hybridized carbons (Fsp3) is 0.250. The van der Waals surface area contributed by atoms with Crippen molar-refractivity contribution in [2.75, 3.05) is 0 Å². The minimum atomic E-state index is -0.333. The van der Waals surface area contributed by atoms with E-state index in [0.717, 1.165) is 5.69 Å². The summed E-state index contributed by atoms with van der Waals surface area (Å²) in [5, 5.41) is 0. The second-order valence-electron chi connectivity index (χ2n) is 3.90. The van der Waals surface area contributed by atoms with E-state index in [1.165, 1.54) is 21.4 Å². The molecule has 2 heterocycles. The monoisotopic (exact) mass is 231 g/mol. The van der Waals surface area contributed by atoms with Gasteiger partial charge in [-0.25, -0.2) is 4.79 Å². The van der Waals surface area contributed by atoms with Crippen molar-refractivity contribution < 1.29 is 0 Å². The summed E-state index contributed by atoms with van der Waals surface area (Å²) in [5.41, 5.74) is 0.927. The molecule has 0 radical (unpaired) electrons. The van der Waals surface area contributed by atoms with E-state index in [1.807, 2.05) is 19.1 Å². The second-order valence-corrected chi connectivity index (χ2v) is 3.90. The van der Waals surface area contributed by atoms with Gasteiger partial charge in [-0.05, 0) is 19.1 Å². The number of hydrogen-bond acceptors (Lipinski definition) is 3. The molecule has 0 saturated carbocycles. The zero-order valence-electron chi connectivity index (χ0n) is 9.75. The Morgan fingerprint density at radius 3 is 2.71 bits per heavy atom. The molecule has 2 aromatic heterocycles. The molecule has 0 aliphatic rings. The van der Waals surface area contributed by atoms with Gasteiger partial charge in [0.05, 0.1) is 12.2 Å². The largest absolute Gasteiger partial charge is 0.331 e. The van der Waals surface area contributed by atoms with E-state index in [9.17, 15) is 9.59 Å². The topological polar surface area (TPSA) is 56.9 Å². The van der Waals surface area contributed by atoms with Crippen LogP contribution in [0.3, 0.4) is 0 Å². The van der Waals surface area contributed by atoms with Crippen LogP contribution < -0.4 is 11.2 Å². The first-order chi connectivity index (χ1) is 8.08. The van der Waals surface area contributed by atoms with Crippen molar-refractivity contribution in [2.45, 2.75) is 13.5 Å². The first-order valence-corrected chi connectivity index (χ1v) is 5.27. The van der Waals surface area contributed by atoms with E-state index < -0.39 is 0 Å². The molecule has 0 amide bonds. The Hall–Kier alpha value is -2.17. The van der Waals surface area contributed by atoms with Crippen LogP contribution in [-0.4, -0.2) is 14.1 Å². The van der Waals surface area contributed by atoms with E-state index in [1.54, 1.807) is 13.1 Å². The van der Waals surface area contributed by atoms with Crippen LogP contribution in [0.1, 0.15) is 11.4 Å². The van der Waals surface area contributed by atoms with Gasteiger partial charge >= 0.3 is 5.69 Å². The van der Waals surface area contributed by atoms with Crippen molar-refractivity contribution >= 4 is 0 Å². The molecule has 5 heteroatoms. The normalized spacial score (nSPS) is 10.5. The van der Waals surface area contributed by atoms with E-state index in [0.29, 0.717) is 5.69 Å². The predicted molar refractivity (Wildman–Crippen MR) is 64.0 cm³/mol. The van der Waals surface area contributed by atoms with Crippen molar-refractivity contribution in [1.29, 1.82) is 0 Å². The first kappa shape index (κ1) is 11.3. The molecule has 0 saturated heterocycles. The number of nitrogens with zero attached hydrogens (tertiary/aromatic N) is 3. The molecule has 2 rings (SSSR count). The van der Waals surface area contributed by atoms with Gasteiger partial charge in [-0.3, -0.25) is 14.3 Å². The van der Waals surface area contributed by atoms with Crippen LogP contribution >= 0.6 is 0 Å². The molecule has 0 atom stereocenters. The summed E-state index contributed by atoms with van der Waals surface area (Å²) in [4.78, 5) is 27.7. The van der Waals surface area contributed by atoms with Gasteiger partial charge in [-0.2, -0.15) is 0 Å². The Morgan fingerprint density at radius 2 is 2.00 bits per heavy atom. The van der Waals surface area contributed by atoms with Crippen LogP contribution in [0.4, 0.5) is 0 Å². The van der Waals surface area contributed by atoms with Gasteiger partial charge in [-0.15, -0.1) is 0 Å². The number of aryl methyl sites for hydroxylation is 2. The predicted octanol–water partition coefficient (Wildman–Crippen LogP) is 0.299. The SMILES string of the molecule is Cc1cccc(Cn2c(=O)ccn(C)c2=O)n1. The number of aromatic nitrogens is 3. The zero-order valence-corrected chi connectivity index (χ0v) is 9.75. The zero-order chi connectivity index (χ0) is 12.4. The van der Waals surface area contributed by atoms with Gasteiger partial charge in [0, 0.05) is 25.0 Å². The molecule has 0 fully saturated rings. The highest BCUT2D eigenvalue weighted by Gasteiger charge is 2.04. The van der Waals surface area contributed by atoms with E-state index in [-0.39, 0.29) is 17.8 Å². The van der Waals surface area contributed by atoms with E-state index in [4.69, 9.17) is 0 Å². The van der Waals surface area contributed by atoms with Crippen LogP contribution in [0.5, 0.6) is 0 Å². The third-order valence-corrected chi connectivity index (χ3v) is 2.51. The third-order valence-electron chi connectivity index (χ3n) is 2.51. The standard InChI is InChI=1S/C12H13N3O2/c1-9-4-3-5-10(13-9)8-15-11(16)6-7-14(2)12(15)17/h3-7H,8H2,1-2H3. The van der Waals surface area contributed by atoms with Crippen LogP contribution in [0, 0.1) is 6.92 Å². The quantitative estimate of drug-likeness (QED) is 0.747. The van der Waals surface area contributed by atoms with Gasteiger partial charge in [0.25, 0.3) is 5.56 Å². The molecule has 0 aliphatic carbocycles. The third kappa shape index (κ3) is 2.33. The van der Waals surface area contributed by atoms with Gasteiger partial charge in [0.2, 0.25) is 0 Å². The minimum Gasteiger partial charge on any atom is -0.303 e. The molecule has 0 bridgehead atoms. The Kier molecular flexibility index (Phi) is 2.91. The van der Waals surface area contributed by atoms with Crippen molar-refractivity contribution in [2.24, 2.45) is 7.05 Å². The van der Waals surface area contributed by atoms with Crippen molar-refractivity contribution in [3.63, 3.8) is 0 Å². The minimum absolute atomic E-state index is 0.202. The molecule has 0 aromatic carbocycles. The smallest absolute Gasteiger partial charge is 0.303 e. The molecule has 88 valence electrons. The highest BCUT2D eigenvalue weighted by atomic mass is 16.2. The summed E-state index contributed by atoms with van der Waals surface area (Å²) in [7, 11) is 1.61. The molecule has 5 nitrogen and oxygen atoms in total. The number of hydrogen-bond donors (Lipinski definition) is 0. The summed E-state index contributed by atoms with van der Waals surface area (Å²) in [5.74, 6) is 0. The maximum absolute atomic E-state index is 11.8.